The van der Waals surface area contributed by atoms with E-state index in [2.05, 4.69) is 34.6 Å². The van der Waals surface area contributed by atoms with Gasteiger partial charge in [0.1, 0.15) is 18.7 Å². The molecule has 4 aliphatic carbocycles. The van der Waals surface area contributed by atoms with Gasteiger partial charge in [-0.3, -0.25) is 9.59 Å². The van der Waals surface area contributed by atoms with E-state index in [4.69, 9.17) is 4.74 Å². The molecule has 172 valence electrons. The fourth-order valence-corrected chi connectivity index (χ4v) is 9.45. The maximum atomic E-state index is 12.3. The van der Waals surface area contributed by atoms with Gasteiger partial charge in [0.05, 0.1) is 5.92 Å². The number of esters is 1. The molecule has 4 rings (SSSR count). The van der Waals surface area contributed by atoms with Crippen molar-refractivity contribution in [3.05, 3.63) is 11.6 Å². The molecule has 0 aromatic carbocycles. The summed E-state index contributed by atoms with van der Waals surface area (Å²) in [4.78, 5) is 36.3. The van der Waals surface area contributed by atoms with E-state index in [0.717, 1.165) is 31.8 Å². The summed E-state index contributed by atoms with van der Waals surface area (Å²) in [7, 11) is 0. The molecule has 0 N–H and O–H groups in total. The van der Waals surface area contributed by atoms with Crippen LogP contribution in [0.3, 0.4) is 0 Å². The van der Waals surface area contributed by atoms with E-state index in [1.54, 1.807) is 0 Å². The van der Waals surface area contributed by atoms with E-state index in [1.165, 1.54) is 32.6 Å². The van der Waals surface area contributed by atoms with Crippen molar-refractivity contribution in [2.75, 3.05) is 0 Å². The number of carbonyl (C=O) groups is 3. The van der Waals surface area contributed by atoms with Crippen molar-refractivity contribution in [2.45, 2.75) is 92.6 Å². The number of hydrogen-bond donors (Lipinski definition) is 0. The molecule has 4 heteroatoms. The minimum Gasteiger partial charge on any atom is -0.462 e. The molecule has 3 saturated carbocycles. The number of aldehydes is 2. The van der Waals surface area contributed by atoms with E-state index in [0.29, 0.717) is 22.8 Å². The van der Waals surface area contributed by atoms with Crippen molar-refractivity contribution in [1.29, 1.82) is 0 Å². The first-order valence-corrected chi connectivity index (χ1v) is 12.2. The highest BCUT2D eigenvalue weighted by Crippen LogP contribution is 2.73. The Morgan fingerprint density at radius 3 is 2.29 bits per heavy atom. The van der Waals surface area contributed by atoms with Gasteiger partial charge in [0.15, 0.2) is 0 Å². The molecule has 0 amide bonds. The Kier molecular flexibility index (Phi) is 5.34. The topological polar surface area (TPSA) is 60.4 Å². The number of rotatable bonds is 3. The molecule has 0 aromatic heterocycles. The lowest BCUT2D eigenvalue weighted by Crippen LogP contribution is -2.67. The second kappa shape index (κ2) is 7.28. The molecule has 0 heterocycles. The van der Waals surface area contributed by atoms with Crippen LogP contribution in [0.2, 0.25) is 0 Å². The summed E-state index contributed by atoms with van der Waals surface area (Å²) < 4.78 is 6.02. The van der Waals surface area contributed by atoms with Crippen LogP contribution in [0.4, 0.5) is 0 Å². The zero-order valence-corrected chi connectivity index (χ0v) is 20.2. The zero-order valence-electron chi connectivity index (χ0n) is 20.2. The first-order valence-electron chi connectivity index (χ1n) is 12.2. The summed E-state index contributed by atoms with van der Waals surface area (Å²) in [5.74, 6) is 0.519. The first-order chi connectivity index (χ1) is 14.4. The van der Waals surface area contributed by atoms with Crippen LogP contribution < -0.4 is 0 Å². The quantitative estimate of drug-likeness (QED) is 0.437. The van der Waals surface area contributed by atoms with E-state index in [9.17, 15) is 14.4 Å². The molecule has 4 aliphatic rings. The standard InChI is InChI=1S/C27H40O4/c1-17(30)31-23-14-22-25(4)12-7-11-24(2,3)20(25)10-13-26(22,5)21-9-8-18(15-28)19(16-29)27(21,23)6/h8,15-16,19-23H,7,9-14H2,1-6H3/t19-,20?,21?,22?,23+,25+,26+,27-/m1/s1. The molecule has 0 spiro atoms. The van der Waals surface area contributed by atoms with E-state index >= 15 is 0 Å². The van der Waals surface area contributed by atoms with Crippen molar-refractivity contribution in [3.8, 4) is 0 Å². The molecule has 4 nitrogen and oxygen atoms in total. The minimum absolute atomic E-state index is 0.0657. The summed E-state index contributed by atoms with van der Waals surface area (Å²) in [6.07, 6.45) is 11.1. The highest BCUT2D eigenvalue weighted by atomic mass is 16.5. The Balaban J connectivity index is 1.85. The predicted molar refractivity (Wildman–Crippen MR) is 120 cm³/mol. The summed E-state index contributed by atoms with van der Waals surface area (Å²) in [6, 6.07) is 0. The molecule has 0 saturated heterocycles. The smallest absolute Gasteiger partial charge is 0.302 e. The molecule has 3 unspecified atom stereocenters. The van der Waals surface area contributed by atoms with Crippen LogP contribution in [-0.2, 0) is 19.1 Å². The highest BCUT2D eigenvalue weighted by Gasteiger charge is 2.68. The van der Waals surface area contributed by atoms with Gasteiger partial charge in [-0.1, -0.05) is 47.1 Å². The normalized spacial score (nSPS) is 48.3. The zero-order chi connectivity index (χ0) is 22.8. The van der Waals surface area contributed by atoms with Crippen molar-refractivity contribution in [1.82, 2.24) is 0 Å². The van der Waals surface area contributed by atoms with Crippen molar-refractivity contribution < 1.29 is 19.1 Å². The van der Waals surface area contributed by atoms with Gasteiger partial charge in [0.25, 0.3) is 0 Å². The number of fused-ring (bicyclic) bond motifs is 5. The fourth-order valence-electron chi connectivity index (χ4n) is 9.45. The number of hydrogen-bond acceptors (Lipinski definition) is 4. The van der Waals surface area contributed by atoms with Gasteiger partial charge < -0.3 is 9.53 Å². The van der Waals surface area contributed by atoms with Crippen LogP contribution in [0.1, 0.15) is 86.5 Å². The second-order valence-corrected chi connectivity index (χ2v) is 12.4. The molecule has 0 aliphatic heterocycles. The maximum absolute atomic E-state index is 12.3. The monoisotopic (exact) mass is 428 g/mol. The molecule has 8 atom stereocenters. The maximum Gasteiger partial charge on any atom is 0.302 e. The summed E-state index contributed by atoms with van der Waals surface area (Å²) >= 11 is 0. The van der Waals surface area contributed by atoms with E-state index in [-0.39, 0.29) is 28.8 Å². The minimum atomic E-state index is -0.545. The summed E-state index contributed by atoms with van der Waals surface area (Å²) in [6.45, 7) is 13.4. The molecular weight excluding hydrogens is 388 g/mol. The van der Waals surface area contributed by atoms with E-state index < -0.39 is 11.3 Å². The Bertz CT molecular complexity index is 812. The predicted octanol–water partition coefficient (Wildman–Crippen LogP) is 5.54. The van der Waals surface area contributed by atoms with Crippen molar-refractivity contribution >= 4 is 18.5 Å². The number of allylic oxidation sites excluding steroid dienone is 2. The van der Waals surface area contributed by atoms with Gasteiger partial charge in [0, 0.05) is 12.3 Å². The van der Waals surface area contributed by atoms with Crippen LogP contribution in [0.5, 0.6) is 0 Å². The molecule has 0 aromatic rings. The van der Waals surface area contributed by atoms with Gasteiger partial charge >= 0.3 is 5.97 Å². The third-order valence-electron chi connectivity index (χ3n) is 10.7. The highest BCUT2D eigenvalue weighted by molar-refractivity contribution is 5.82. The van der Waals surface area contributed by atoms with Gasteiger partial charge in [-0.15, -0.1) is 0 Å². The summed E-state index contributed by atoms with van der Waals surface area (Å²) in [5.41, 5.74) is 0.619. The SMILES string of the molecule is CC(=O)O[C@H]1CC2[C@@]3(C)CCCC(C)(C)C3CC[C@@]2(C)C2CC=C(C=O)[C@@H](C=O)[C@]21C. The Morgan fingerprint density at radius 1 is 1.00 bits per heavy atom. The lowest BCUT2D eigenvalue weighted by atomic mass is 9.35. The van der Waals surface area contributed by atoms with Gasteiger partial charge in [-0.25, -0.2) is 0 Å². The third-order valence-corrected chi connectivity index (χ3v) is 10.7. The van der Waals surface area contributed by atoms with Gasteiger partial charge in [-0.2, -0.15) is 0 Å². The summed E-state index contributed by atoms with van der Waals surface area (Å²) in [5, 5.41) is 0. The fraction of sp³-hybridized carbons (Fsp3) is 0.815. The average molecular weight is 429 g/mol. The average Bonchev–Trinajstić information content (AvgIpc) is 2.67. The van der Waals surface area contributed by atoms with Gasteiger partial charge in [-0.05, 0) is 78.1 Å². The number of ether oxygens (including phenoxy) is 1. The van der Waals surface area contributed by atoms with Crippen LogP contribution in [-0.4, -0.2) is 24.6 Å². The lowest BCUT2D eigenvalue weighted by Gasteiger charge is -2.70. The molecule has 31 heavy (non-hydrogen) atoms. The molecule has 0 radical (unpaired) electrons. The largest absolute Gasteiger partial charge is 0.462 e. The third kappa shape index (κ3) is 3.03. The molecular formula is C27H40O4. The first kappa shape index (κ1) is 22.7. The lowest BCUT2D eigenvalue weighted by molar-refractivity contribution is -0.238. The van der Waals surface area contributed by atoms with Crippen molar-refractivity contribution in [3.63, 3.8) is 0 Å². The second-order valence-electron chi connectivity index (χ2n) is 12.4. The van der Waals surface area contributed by atoms with Crippen LogP contribution in [0, 0.1) is 45.3 Å². The van der Waals surface area contributed by atoms with Crippen molar-refractivity contribution in [2.24, 2.45) is 45.3 Å². The van der Waals surface area contributed by atoms with Crippen LogP contribution >= 0.6 is 0 Å². The molecule has 3 fully saturated rings. The van der Waals surface area contributed by atoms with Crippen LogP contribution in [0.15, 0.2) is 11.6 Å². The Morgan fingerprint density at radius 2 is 1.68 bits per heavy atom. The Hall–Kier alpha value is -1.45. The Labute approximate surface area is 187 Å². The van der Waals surface area contributed by atoms with E-state index in [1.807, 2.05) is 6.08 Å². The van der Waals surface area contributed by atoms with Gasteiger partial charge in [0.2, 0.25) is 0 Å². The number of carbonyl (C=O) groups excluding carboxylic acids is 3. The molecule has 0 bridgehead atoms. The van der Waals surface area contributed by atoms with Crippen LogP contribution in [0.25, 0.3) is 0 Å².